The van der Waals surface area contributed by atoms with E-state index in [0.717, 1.165) is 11.1 Å². The summed E-state index contributed by atoms with van der Waals surface area (Å²) in [7, 11) is 0. The standard InChI is InChI=1S/C15H20N2O3/c1-15(2,3)20-14(19)17-7-5-4-6-12-8-13(11-18)10-16-9-12/h8-10,18H,5,7,11H2,1-3H3,(H,17,19). The molecule has 0 aliphatic carbocycles. The van der Waals surface area contributed by atoms with Gasteiger partial charge in [0.25, 0.3) is 0 Å². The van der Waals surface area contributed by atoms with E-state index in [2.05, 4.69) is 22.1 Å². The molecule has 0 unspecified atom stereocenters. The minimum Gasteiger partial charge on any atom is -0.444 e. The number of nitrogens with zero attached hydrogens (tertiary/aromatic N) is 1. The van der Waals surface area contributed by atoms with Gasteiger partial charge in [-0.05, 0) is 32.4 Å². The highest BCUT2D eigenvalue weighted by molar-refractivity contribution is 5.67. The SMILES string of the molecule is CC(C)(C)OC(=O)NCCC#Cc1cncc(CO)c1. The normalized spacial score (nSPS) is 10.4. The van der Waals surface area contributed by atoms with E-state index < -0.39 is 11.7 Å². The number of carbonyl (C=O) groups excluding carboxylic acids is 1. The molecule has 1 heterocycles. The Morgan fingerprint density at radius 3 is 2.85 bits per heavy atom. The first-order valence-electron chi connectivity index (χ1n) is 6.41. The van der Waals surface area contributed by atoms with Crippen LogP contribution in [0.3, 0.4) is 0 Å². The number of nitrogens with one attached hydrogen (secondary N) is 1. The minimum atomic E-state index is -0.494. The summed E-state index contributed by atoms with van der Waals surface area (Å²) in [6.45, 7) is 5.81. The van der Waals surface area contributed by atoms with Crippen LogP contribution in [0.2, 0.25) is 0 Å². The molecule has 1 amide bonds. The Bertz CT molecular complexity index is 510. The molecule has 1 aromatic rings. The molecule has 0 bridgehead atoms. The summed E-state index contributed by atoms with van der Waals surface area (Å²) in [6.07, 6.45) is 3.30. The van der Waals surface area contributed by atoms with E-state index in [-0.39, 0.29) is 6.61 Å². The predicted molar refractivity (Wildman–Crippen MR) is 75.9 cm³/mol. The molecule has 0 atom stereocenters. The lowest BCUT2D eigenvalue weighted by Gasteiger charge is -2.19. The van der Waals surface area contributed by atoms with Crippen molar-refractivity contribution in [3.05, 3.63) is 29.6 Å². The van der Waals surface area contributed by atoms with Crippen LogP contribution in [-0.2, 0) is 11.3 Å². The van der Waals surface area contributed by atoms with E-state index in [1.165, 1.54) is 0 Å². The Kier molecular flexibility index (Phi) is 6.01. The smallest absolute Gasteiger partial charge is 0.407 e. The average molecular weight is 276 g/mol. The van der Waals surface area contributed by atoms with Crippen LogP contribution in [0, 0.1) is 11.8 Å². The van der Waals surface area contributed by atoms with Crippen molar-refractivity contribution in [3.63, 3.8) is 0 Å². The highest BCUT2D eigenvalue weighted by atomic mass is 16.6. The summed E-state index contributed by atoms with van der Waals surface area (Å²) in [4.78, 5) is 15.3. The fraction of sp³-hybridized carbons (Fsp3) is 0.467. The fourth-order valence-electron chi connectivity index (χ4n) is 1.35. The van der Waals surface area contributed by atoms with Gasteiger partial charge >= 0.3 is 6.09 Å². The molecule has 0 aliphatic rings. The third kappa shape index (κ3) is 6.76. The van der Waals surface area contributed by atoms with Crippen LogP contribution in [0.1, 0.15) is 38.3 Å². The van der Waals surface area contributed by atoms with Gasteiger partial charge < -0.3 is 15.2 Å². The van der Waals surface area contributed by atoms with Crippen molar-refractivity contribution < 1.29 is 14.6 Å². The topological polar surface area (TPSA) is 71.5 Å². The van der Waals surface area contributed by atoms with Crippen LogP contribution in [0.25, 0.3) is 0 Å². The largest absolute Gasteiger partial charge is 0.444 e. The van der Waals surface area contributed by atoms with Crippen molar-refractivity contribution in [2.75, 3.05) is 6.54 Å². The molecule has 0 saturated heterocycles. The monoisotopic (exact) mass is 276 g/mol. The molecule has 5 heteroatoms. The average Bonchev–Trinajstić information content (AvgIpc) is 2.36. The van der Waals surface area contributed by atoms with Gasteiger partial charge in [-0.15, -0.1) is 0 Å². The number of pyridine rings is 1. The fourth-order valence-corrected chi connectivity index (χ4v) is 1.35. The molecule has 0 saturated carbocycles. The van der Waals surface area contributed by atoms with E-state index in [1.54, 1.807) is 18.5 Å². The molecule has 1 aromatic heterocycles. The third-order valence-electron chi connectivity index (χ3n) is 2.13. The first kappa shape index (κ1) is 16.0. The van der Waals surface area contributed by atoms with Gasteiger partial charge in [0.2, 0.25) is 0 Å². The van der Waals surface area contributed by atoms with E-state index in [4.69, 9.17) is 9.84 Å². The first-order chi connectivity index (χ1) is 9.40. The Labute approximate surface area is 119 Å². The van der Waals surface area contributed by atoms with Gasteiger partial charge in [-0.2, -0.15) is 0 Å². The summed E-state index contributed by atoms with van der Waals surface area (Å²) in [5.41, 5.74) is 0.976. The molecule has 5 nitrogen and oxygen atoms in total. The zero-order chi connectivity index (χ0) is 15.0. The van der Waals surface area contributed by atoms with Gasteiger partial charge in [0.05, 0.1) is 6.61 Å². The zero-order valence-electron chi connectivity index (χ0n) is 12.1. The Morgan fingerprint density at radius 2 is 2.20 bits per heavy atom. The van der Waals surface area contributed by atoms with Gasteiger partial charge in [-0.1, -0.05) is 11.8 Å². The number of alkyl carbamates (subject to hydrolysis) is 1. The number of hydrogen-bond donors (Lipinski definition) is 2. The van der Waals surface area contributed by atoms with Crippen molar-refractivity contribution in [3.8, 4) is 11.8 Å². The Balaban J connectivity index is 2.34. The van der Waals surface area contributed by atoms with Crippen molar-refractivity contribution in [2.24, 2.45) is 0 Å². The van der Waals surface area contributed by atoms with Gasteiger partial charge in [0, 0.05) is 30.9 Å². The minimum absolute atomic E-state index is 0.0529. The second kappa shape index (κ2) is 7.51. The number of aromatic nitrogens is 1. The van der Waals surface area contributed by atoms with Crippen molar-refractivity contribution in [1.29, 1.82) is 0 Å². The highest BCUT2D eigenvalue weighted by Gasteiger charge is 2.15. The zero-order valence-corrected chi connectivity index (χ0v) is 12.1. The van der Waals surface area contributed by atoms with E-state index in [1.807, 2.05) is 20.8 Å². The third-order valence-corrected chi connectivity index (χ3v) is 2.13. The number of hydrogen-bond acceptors (Lipinski definition) is 4. The Hall–Kier alpha value is -2.06. The Morgan fingerprint density at radius 1 is 1.45 bits per heavy atom. The van der Waals surface area contributed by atoms with Crippen LogP contribution in [0.5, 0.6) is 0 Å². The maximum atomic E-state index is 11.4. The van der Waals surface area contributed by atoms with Crippen LogP contribution in [-0.4, -0.2) is 28.3 Å². The quantitative estimate of drug-likeness (QED) is 0.653. The molecule has 0 aromatic carbocycles. The van der Waals surface area contributed by atoms with Gasteiger partial charge in [0.1, 0.15) is 5.60 Å². The van der Waals surface area contributed by atoms with Gasteiger partial charge in [-0.25, -0.2) is 4.79 Å². The lowest BCUT2D eigenvalue weighted by molar-refractivity contribution is 0.0529. The van der Waals surface area contributed by atoms with Crippen molar-refractivity contribution >= 4 is 6.09 Å². The number of ether oxygens (including phenoxy) is 1. The second-order valence-electron chi connectivity index (χ2n) is 5.22. The second-order valence-corrected chi connectivity index (χ2v) is 5.22. The maximum Gasteiger partial charge on any atom is 0.407 e. The molecule has 0 radical (unpaired) electrons. The van der Waals surface area contributed by atoms with Crippen LogP contribution in [0.4, 0.5) is 4.79 Å². The molecule has 0 spiro atoms. The first-order valence-corrected chi connectivity index (χ1v) is 6.41. The molecule has 1 rings (SSSR count). The number of aliphatic hydroxyl groups is 1. The summed E-state index contributed by atoms with van der Waals surface area (Å²) in [5, 5.41) is 11.6. The molecule has 0 fully saturated rings. The lowest BCUT2D eigenvalue weighted by Crippen LogP contribution is -2.32. The number of rotatable bonds is 3. The summed E-state index contributed by atoms with van der Waals surface area (Å²) < 4.78 is 5.10. The molecule has 2 N–H and O–H groups in total. The van der Waals surface area contributed by atoms with Crippen LogP contribution >= 0.6 is 0 Å². The summed E-state index contributed by atoms with van der Waals surface area (Å²) >= 11 is 0. The van der Waals surface area contributed by atoms with Gasteiger partial charge in [0.15, 0.2) is 0 Å². The van der Waals surface area contributed by atoms with E-state index >= 15 is 0 Å². The molecule has 20 heavy (non-hydrogen) atoms. The highest BCUT2D eigenvalue weighted by Crippen LogP contribution is 2.06. The van der Waals surface area contributed by atoms with Crippen molar-refractivity contribution in [2.45, 2.75) is 39.4 Å². The lowest BCUT2D eigenvalue weighted by atomic mass is 10.2. The molecular weight excluding hydrogens is 256 g/mol. The van der Waals surface area contributed by atoms with Gasteiger partial charge in [-0.3, -0.25) is 4.98 Å². The molecule has 108 valence electrons. The number of carbonyl (C=O) groups is 1. The molecular formula is C15H20N2O3. The summed E-state index contributed by atoms with van der Waals surface area (Å²) in [6, 6.07) is 1.78. The van der Waals surface area contributed by atoms with Crippen LogP contribution < -0.4 is 5.32 Å². The van der Waals surface area contributed by atoms with E-state index in [0.29, 0.717) is 13.0 Å². The number of aliphatic hydroxyl groups excluding tert-OH is 1. The van der Waals surface area contributed by atoms with Crippen LogP contribution in [0.15, 0.2) is 18.5 Å². The number of amides is 1. The summed E-state index contributed by atoms with van der Waals surface area (Å²) in [5.74, 6) is 5.85. The molecule has 0 aliphatic heterocycles. The maximum absolute atomic E-state index is 11.4. The van der Waals surface area contributed by atoms with Crippen molar-refractivity contribution in [1.82, 2.24) is 10.3 Å². The predicted octanol–water partition coefficient (Wildman–Crippen LogP) is 1.84. The van der Waals surface area contributed by atoms with E-state index in [9.17, 15) is 4.79 Å².